The standard InChI is InChI=1S/C8H12N4O5/c1-16-4(2-5(13)14)3-10-8(15)6-7(9)12-17-11-6/h4H,2-3H2,1H3,(H2,9,12)(H,10,15)(H,13,14). The van der Waals surface area contributed by atoms with Crippen LogP contribution in [0.5, 0.6) is 0 Å². The predicted octanol–water partition coefficient (Wildman–Crippen LogP) is -1.13. The fourth-order valence-corrected chi connectivity index (χ4v) is 1.08. The maximum Gasteiger partial charge on any atom is 0.306 e. The number of carboxylic acids is 1. The molecular formula is C8H12N4O5. The number of aliphatic carboxylic acids is 1. The maximum absolute atomic E-state index is 11.5. The molecule has 1 unspecified atom stereocenters. The number of aromatic nitrogens is 2. The highest BCUT2D eigenvalue weighted by molar-refractivity contribution is 5.95. The Kier molecular flexibility index (Phi) is 4.40. The molecule has 0 fully saturated rings. The first-order chi connectivity index (χ1) is 8.04. The van der Waals surface area contributed by atoms with Crippen LogP contribution in [0.1, 0.15) is 16.9 Å². The van der Waals surface area contributed by atoms with Crippen LogP contribution in [0.2, 0.25) is 0 Å². The van der Waals surface area contributed by atoms with Crippen molar-refractivity contribution in [3.05, 3.63) is 5.69 Å². The number of rotatable bonds is 6. The second kappa shape index (κ2) is 5.80. The van der Waals surface area contributed by atoms with Gasteiger partial charge in [-0.15, -0.1) is 0 Å². The summed E-state index contributed by atoms with van der Waals surface area (Å²) in [4.78, 5) is 21.9. The third-order valence-electron chi connectivity index (χ3n) is 1.95. The Morgan fingerprint density at radius 1 is 1.59 bits per heavy atom. The minimum absolute atomic E-state index is 0.0218. The van der Waals surface area contributed by atoms with Crippen molar-refractivity contribution in [3.63, 3.8) is 0 Å². The van der Waals surface area contributed by atoms with E-state index in [2.05, 4.69) is 20.3 Å². The molecule has 17 heavy (non-hydrogen) atoms. The molecule has 0 saturated carbocycles. The van der Waals surface area contributed by atoms with Gasteiger partial charge in [-0.25, -0.2) is 4.63 Å². The normalized spacial score (nSPS) is 12.1. The van der Waals surface area contributed by atoms with Gasteiger partial charge >= 0.3 is 5.97 Å². The number of amides is 1. The van der Waals surface area contributed by atoms with E-state index in [0.29, 0.717) is 0 Å². The molecule has 0 bridgehead atoms. The molecule has 0 aliphatic carbocycles. The highest BCUT2D eigenvalue weighted by atomic mass is 16.6. The molecule has 1 atom stereocenters. The zero-order chi connectivity index (χ0) is 12.8. The van der Waals surface area contributed by atoms with Crippen LogP contribution < -0.4 is 11.1 Å². The van der Waals surface area contributed by atoms with Gasteiger partial charge in [0.15, 0.2) is 0 Å². The lowest BCUT2D eigenvalue weighted by Crippen LogP contribution is -2.34. The smallest absolute Gasteiger partial charge is 0.306 e. The monoisotopic (exact) mass is 244 g/mol. The topological polar surface area (TPSA) is 141 Å². The molecule has 1 rings (SSSR count). The van der Waals surface area contributed by atoms with Gasteiger partial charge in [0, 0.05) is 13.7 Å². The van der Waals surface area contributed by atoms with Crippen molar-refractivity contribution in [2.45, 2.75) is 12.5 Å². The number of carboxylic acid groups (broad SMARTS) is 1. The van der Waals surface area contributed by atoms with Crippen LogP contribution >= 0.6 is 0 Å². The third-order valence-corrected chi connectivity index (χ3v) is 1.95. The number of anilines is 1. The van der Waals surface area contributed by atoms with Gasteiger partial charge in [-0.3, -0.25) is 9.59 Å². The Bertz CT molecular complexity index is 404. The number of ether oxygens (including phenoxy) is 1. The molecule has 0 aliphatic heterocycles. The van der Waals surface area contributed by atoms with E-state index in [1.807, 2.05) is 0 Å². The Morgan fingerprint density at radius 3 is 2.76 bits per heavy atom. The number of hydrogen-bond donors (Lipinski definition) is 3. The van der Waals surface area contributed by atoms with Gasteiger partial charge in [0.05, 0.1) is 12.5 Å². The fraction of sp³-hybridized carbons (Fsp3) is 0.500. The van der Waals surface area contributed by atoms with Crippen molar-refractivity contribution >= 4 is 17.7 Å². The summed E-state index contributed by atoms with van der Waals surface area (Å²) in [6, 6.07) is 0. The number of methoxy groups -OCH3 is 1. The van der Waals surface area contributed by atoms with Crippen LogP contribution in [0, 0.1) is 0 Å². The van der Waals surface area contributed by atoms with E-state index in [0.717, 1.165) is 0 Å². The number of carbonyl (C=O) groups excluding carboxylic acids is 1. The quantitative estimate of drug-likeness (QED) is 0.570. The number of nitrogens with one attached hydrogen (secondary N) is 1. The summed E-state index contributed by atoms with van der Waals surface area (Å²) in [6.45, 7) is 0.0218. The molecule has 1 amide bonds. The maximum atomic E-state index is 11.5. The average Bonchev–Trinajstić information content (AvgIpc) is 2.69. The Labute approximate surface area is 95.9 Å². The predicted molar refractivity (Wildman–Crippen MR) is 54.1 cm³/mol. The van der Waals surface area contributed by atoms with Crippen LogP contribution in [0.25, 0.3) is 0 Å². The van der Waals surface area contributed by atoms with Crippen molar-refractivity contribution in [2.24, 2.45) is 0 Å². The van der Waals surface area contributed by atoms with Crippen molar-refractivity contribution < 1.29 is 24.1 Å². The zero-order valence-corrected chi connectivity index (χ0v) is 9.04. The van der Waals surface area contributed by atoms with Crippen LogP contribution in [-0.4, -0.2) is 47.1 Å². The molecule has 9 nitrogen and oxygen atoms in total. The molecule has 0 saturated heterocycles. The van der Waals surface area contributed by atoms with Gasteiger partial charge in [0.2, 0.25) is 11.5 Å². The lowest BCUT2D eigenvalue weighted by Gasteiger charge is -2.12. The molecule has 1 aromatic heterocycles. The van der Waals surface area contributed by atoms with E-state index in [1.54, 1.807) is 0 Å². The van der Waals surface area contributed by atoms with Crippen molar-refractivity contribution in [3.8, 4) is 0 Å². The highest BCUT2D eigenvalue weighted by Gasteiger charge is 2.18. The average molecular weight is 244 g/mol. The molecule has 0 spiro atoms. The van der Waals surface area contributed by atoms with E-state index < -0.39 is 18.0 Å². The van der Waals surface area contributed by atoms with E-state index in [1.165, 1.54) is 7.11 Å². The summed E-state index contributed by atoms with van der Waals surface area (Å²) in [5, 5.41) is 17.5. The van der Waals surface area contributed by atoms with Crippen molar-refractivity contribution in [2.75, 3.05) is 19.4 Å². The van der Waals surface area contributed by atoms with E-state index >= 15 is 0 Å². The minimum Gasteiger partial charge on any atom is -0.481 e. The number of nitrogens with two attached hydrogens (primary N) is 1. The molecular weight excluding hydrogens is 232 g/mol. The van der Waals surface area contributed by atoms with Crippen LogP contribution in [0.4, 0.5) is 5.82 Å². The fourth-order valence-electron chi connectivity index (χ4n) is 1.08. The first-order valence-corrected chi connectivity index (χ1v) is 4.65. The SMILES string of the molecule is COC(CNC(=O)c1nonc1N)CC(=O)O. The number of hydrogen-bond acceptors (Lipinski definition) is 7. The van der Waals surface area contributed by atoms with Gasteiger partial charge in [0.25, 0.3) is 5.91 Å². The minimum atomic E-state index is -1.02. The second-order valence-electron chi connectivity index (χ2n) is 3.16. The highest BCUT2D eigenvalue weighted by Crippen LogP contribution is 2.03. The first-order valence-electron chi connectivity index (χ1n) is 4.65. The van der Waals surface area contributed by atoms with E-state index in [-0.39, 0.29) is 24.5 Å². The number of nitrogen functional groups attached to an aromatic ring is 1. The van der Waals surface area contributed by atoms with Crippen LogP contribution in [-0.2, 0) is 9.53 Å². The third kappa shape index (κ3) is 3.72. The molecule has 94 valence electrons. The molecule has 0 aliphatic rings. The Hall–Kier alpha value is -2.16. The summed E-state index contributed by atoms with van der Waals surface area (Å²) in [5.41, 5.74) is 5.16. The molecule has 9 heteroatoms. The number of nitrogens with zero attached hydrogens (tertiary/aromatic N) is 2. The van der Waals surface area contributed by atoms with E-state index in [4.69, 9.17) is 15.6 Å². The van der Waals surface area contributed by atoms with Gasteiger partial charge in [0.1, 0.15) is 0 Å². The van der Waals surface area contributed by atoms with Crippen LogP contribution in [0.3, 0.4) is 0 Å². The lowest BCUT2D eigenvalue weighted by molar-refractivity contribution is -0.139. The summed E-state index contributed by atoms with van der Waals surface area (Å²) in [5.74, 6) is -1.75. The van der Waals surface area contributed by atoms with Gasteiger partial charge in [-0.1, -0.05) is 0 Å². The molecule has 1 aromatic rings. The Balaban J connectivity index is 2.47. The first kappa shape index (κ1) is 12.9. The zero-order valence-electron chi connectivity index (χ0n) is 9.04. The molecule has 0 aromatic carbocycles. The van der Waals surface area contributed by atoms with Crippen LogP contribution in [0.15, 0.2) is 4.63 Å². The van der Waals surface area contributed by atoms with Gasteiger partial charge < -0.3 is 20.9 Å². The summed E-state index contributed by atoms with van der Waals surface area (Å²) >= 11 is 0. The second-order valence-corrected chi connectivity index (χ2v) is 3.16. The molecule has 4 N–H and O–H groups in total. The van der Waals surface area contributed by atoms with E-state index in [9.17, 15) is 9.59 Å². The Morgan fingerprint density at radius 2 is 2.29 bits per heavy atom. The molecule has 1 heterocycles. The largest absolute Gasteiger partial charge is 0.481 e. The summed E-state index contributed by atoms with van der Waals surface area (Å²) < 4.78 is 9.13. The van der Waals surface area contributed by atoms with Gasteiger partial charge in [-0.05, 0) is 10.3 Å². The molecule has 0 radical (unpaired) electrons. The van der Waals surface area contributed by atoms with Crippen molar-refractivity contribution in [1.82, 2.24) is 15.6 Å². The van der Waals surface area contributed by atoms with Crippen molar-refractivity contribution in [1.29, 1.82) is 0 Å². The number of carbonyl (C=O) groups is 2. The summed E-state index contributed by atoms with van der Waals surface area (Å²) in [7, 11) is 1.35. The van der Waals surface area contributed by atoms with Gasteiger partial charge in [-0.2, -0.15) is 0 Å². The summed E-state index contributed by atoms with van der Waals surface area (Å²) in [6.07, 6.45) is -0.846. The lowest BCUT2D eigenvalue weighted by atomic mass is 10.2.